The van der Waals surface area contributed by atoms with Crippen LogP contribution in [0.5, 0.6) is 0 Å². The number of hydrogen-bond donors (Lipinski definition) is 1. The summed E-state index contributed by atoms with van der Waals surface area (Å²) < 4.78 is 11.7. The van der Waals surface area contributed by atoms with E-state index in [0.717, 1.165) is 82.0 Å². The summed E-state index contributed by atoms with van der Waals surface area (Å²) in [6.07, 6.45) is 5.77. The number of carbonyl (C=O) groups is 1. The summed E-state index contributed by atoms with van der Waals surface area (Å²) in [5, 5.41) is 3.47. The Bertz CT molecular complexity index is 715. The molecule has 7 nitrogen and oxygen atoms in total. The molecule has 0 aromatic heterocycles. The van der Waals surface area contributed by atoms with Gasteiger partial charge in [-0.15, -0.1) is 24.0 Å². The van der Waals surface area contributed by atoms with Crippen LogP contribution in [0.15, 0.2) is 29.3 Å². The van der Waals surface area contributed by atoms with Gasteiger partial charge < -0.3 is 24.6 Å². The molecule has 0 radical (unpaired) electrons. The summed E-state index contributed by atoms with van der Waals surface area (Å²) in [4.78, 5) is 20.5. The number of ether oxygens (including phenoxy) is 2. The van der Waals surface area contributed by atoms with Gasteiger partial charge >= 0.3 is 0 Å². The van der Waals surface area contributed by atoms with Crippen molar-refractivity contribution in [3.8, 4) is 0 Å². The molecule has 174 valence electrons. The fourth-order valence-corrected chi connectivity index (χ4v) is 4.02. The van der Waals surface area contributed by atoms with E-state index in [2.05, 4.69) is 21.3 Å². The number of benzene rings is 1. The summed E-state index contributed by atoms with van der Waals surface area (Å²) in [5.41, 5.74) is 1.87. The molecule has 2 aliphatic rings. The van der Waals surface area contributed by atoms with Crippen molar-refractivity contribution in [1.29, 1.82) is 0 Å². The summed E-state index contributed by atoms with van der Waals surface area (Å²) in [6.45, 7) is 4.28. The van der Waals surface area contributed by atoms with Crippen LogP contribution in [-0.2, 0) is 15.9 Å². The predicted molar refractivity (Wildman–Crippen MR) is 134 cm³/mol. The fourth-order valence-electron chi connectivity index (χ4n) is 4.02. The largest absolute Gasteiger partial charge is 0.376 e. The van der Waals surface area contributed by atoms with Gasteiger partial charge in [0, 0.05) is 52.9 Å². The summed E-state index contributed by atoms with van der Waals surface area (Å²) in [5.74, 6) is 0.971. The number of carbonyl (C=O) groups excluding carboxylic acids is 1. The Kier molecular flexibility index (Phi) is 11.0. The van der Waals surface area contributed by atoms with Crippen LogP contribution in [0.4, 0.5) is 0 Å². The minimum atomic E-state index is 0. The van der Waals surface area contributed by atoms with Crippen LogP contribution in [-0.4, -0.2) is 87.9 Å². The maximum Gasteiger partial charge on any atom is 0.253 e. The SMILES string of the molecule is CN=C(NCCc1cccc(C(=O)N(C)C)c1)N1CCC(OCC2CCCO2)CC1.I. The standard InChI is InChI=1S/C23H36N4O3.HI/c1-24-23(25-12-9-18-6-4-7-19(16-18)22(28)26(2)3)27-13-10-20(11-14-27)30-17-21-8-5-15-29-21;/h4,6-7,16,20-21H,5,8-15,17H2,1-3H3,(H,24,25);1H. The maximum absolute atomic E-state index is 12.1. The number of aliphatic imine (C=N–C) groups is 1. The Labute approximate surface area is 203 Å². The fraction of sp³-hybridized carbons (Fsp3) is 0.652. The van der Waals surface area contributed by atoms with Gasteiger partial charge in [-0.1, -0.05) is 12.1 Å². The van der Waals surface area contributed by atoms with Gasteiger partial charge in [-0.3, -0.25) is 9.79 Å². The molecule has 2 heterocycles. The third kappa shape index (κ3) is 7.91. The molecule has 2 aliphatic heterocycles. The van der Waals surface area contributed by atoms with Crippen LogP contribution >= 0.6 is 24.0 Å². The smallest absolute Gasteiger partial charge is 0.253 e. The van der Waals surface area contributed by atoms with Gasteiger partial charge in [0.15, 0.2) is 5.96 Å². The Morgan fingerprint density at radius 2 is 2.06 bits per heavy atom. The average molecular weight is 544 g/mol. The highest BCUT2D eigenvalue weighted by Crippen LogP contribution is 2.18. The molecule has 0 saturated carbocycles. The molecule has 31 heavy (non-hydrogen) atoms. The second kappa shape index (κ2) is 13.2. The summed E-state index contributed by atoms with van der Waals surface area (Å²) >= 11 is 0. The summed E-state index contributed by atoms with van der Waals surface area (Å²) in [6, 6.07) is 7.85. The normalized spacial score (nSPS) is 19.8. The highest BCUT2D eigenvalue weighted by Gasteiger charge is 2.24. The Morgan fingerprint density at radius 1 is 1.29 bits per heavy atom. The van der Waals surface area contributed by atoms with Gasteiger partial charge in [0.05, 0.1) is 18.8 Å². The number of rotatable bonds is 7. The van der Waals surface area contributed by atoms with Gasteiger partial charge in [0.2, 0.25) is 0 Å². The second-order valence-electron chi connectivity index (χ2n) is 8.28. The lowest BCUT2D eigenvalue weighted by atomic mass is 10.1. The van der Waals surface area contributed by atoms with Crippen LogP contribution in [0.3, 0.4) is 0 Å². The number of piperidine rings is 1. The van der Waals surface area contributed by atoms with E-state index in [1.807, 2.05) is 25.2 Å². The Morgan fingerprint density at radius 3 is 2.71 bits per heavy atom. The Balaban J connectivity index is 0.00000341. The van der Waals surface area contributed by atoms with Crippen molar-refractivity contribution in [3.63, 3.8) is 0 Å². The molecule has 1 aromatic carbocycles. The van der Waals surface area contributed by atoms with Crippen molar-refractivity contribution in [2.75, 3.05) is 54.0 Å². The average Bonchev–Trinajstić information content (AvgIpc) is 3.29. The van der Waals surface area contributed by atoms with Crippen molar-refractivity contribution < 1.29 is 14.3 Å². The molecule has 1 unspecified atom stereocenters. The first-order valence-corrected chi connectivity index (χ1v) is 11.1. The highest BCUT2D eigenvalue weighted by atomic mass is 127. The molecule has 1 aromatic rings. The van der Waals surface area contributed by atoms with E-state index in [4.69, 9.17) is 9.47 Å². The molecule has 8 heteroatoms. The molecule has 0 spiro atoms. The number of hydrogen-bond acceptors (Lipinski definition) is 4. The lowest BCUT2D eigenvalue weighted by Gasteiger charge is -2.34. The van der Waals surface area contributed by atoms with Crippen molar-refractivity contribution in [2.45, 2.75) is 44.3 Å². The highest BCUT2D eigenvalue weighted by molar-refractivity contribution is 14.0. The zero-order chi connectivity index (χ0) is 21.3. The summed E-state index contributed by atoms with van der Waals surface area (Å²) in [7, 11) is 5.38. The second-order valence-corrected chi connectivity index (χ2v) is 8.28. The molecule has 1 N–H and O–H groups in total. The van der Waals surface area contributed by atoms with E-state index in [0.29, 0.717) is 12.2 Å². The van der Waals surface area contributed by atoms with Gasteiger partial charge in [-0.2, -0.15) is 0 Å². The van der Waals surface area contributed by atoms with Crippen LogP contribution in [0, 0.1) is 0 Å². The van der Waals surface area contributed by atoms with Crippen molar-refractivity contribution in [3.05, 3.63) is 35.4 Å². The molecule has 2 fully saturated rings. The van der Waals surface area contributed by atoms with E-state index < -0.39 is 0 Å². The zero-order valence-electron chi connectivity index (χ0n) is 19.0. The number of nitrogens with zero attached hydrogens (tertiary/aromatic N) is 3. The first-order valence-electron chi connectivity index (χ1n) is 11.1. The maximum atomic E-state index is 12.1. The van der Waals surface area contributed by atoms with E-state index in [9.17, 15) is 4.79 Å². The van der Waals surface area contributed by atoms with E-state index in [1.165, 1.54) is 0 Å². The van der Waals surface area contributed by atoms with Crippen molar-refractivity contribution in [1.82, 2.24) is 15.1 Å². The number of guanidine groups is 1. The van der Waals surface area contributed by atoms with E-state index >= 15 is 0 Å². The Hall–Kier alpha value is -1.39. The topological polar surface area (TPSA) is 66.4 Å². The monoisotopic (exact) mass is 544 g/mol. The number of nitrogens with one attached hydrogen (secondary N) is 1. The van der Waals surface area contributed by atoms with Crippen molar-refractivity contribution in [2.24, 2.45) is 4.99 Å². The van der Waals surface area contributed by atoms with Crippen LogP contribution in [0.2, 0.25) is 0 Å². The number of halogens is 1. The quantitative estimate of drug-likeness (QED) is 0.325. The lowest BCUT2D eigenvalue weighted by molar-refractivity contribution is -0.0367. The molecule has 0 bridgehead atoms. The van der Waals surface area contributed by atoms with Crippen LogP contribution in [0.1, 0.15) is 41.6 Å². The third-order valence-corrected chi connectivity index (χ3v) is 5.77. The van der Waals surface area contributed by atoms with Crippen LogP contribution < -0.4 is 5.32 Å². The van der Waals surface area contributed by atoms with E-state index in [1.54, 1.807) is 19.0 Å². The molecule has 3 rings (SSSR count). The van der Waals surface area contributed by atoms with Crippen LogP contribution in [0.25, 0.3) is 0 Å². The van der Waals surface area contributed by atoms with Gasteiger partial charge in [-0.05, 0) is 49.8 Å². The third-order valence-electron chi connectivity index (χ3n) is 5.77. The number of likely N-dealkylation sites (tertiary alicyclic amines) is 1. The zero-order valence-corrected chi connectivity index (χ0v) is 21.3. The lowest BCUT2D eigenvalue weighted by Crippen LogP contribution is -2.47. The van der Waals surface area contributed by atoms with Crippen molar-refractivity contribution >= 4 is 35.8 Å². The molecule has 1 atom stereocenters. The van der Waals surface area contributed by atoms with Gasteiger partial charge in [-0.25, -0.2) is 0 Å². The molecular weight excluding hydrogens is 507 g/mol. The molecule has 1 amide bonds. The minimum absolute atomic E-state index is 0. The molecule has 0 aliphatic carbocycles. The minimum Gasteiger partial charge on any atom is -0.376 e. The molecular formula is C23H37IN4O3. The van der Waals surface area contributed by atoms with Gasteiger partial charge in [0.25, 0.3) is 5.91 Å². The van der Waals surface area contributed by atoms with Gasteiger partial charge in [0.1, 0.15) is 0 Å². The predicted octanol–water partition coefficient (Wildman–Crippen LogP) is 2.78. The molecule has 2 saturated heterocycles. The number of amides is 1. The first-order chi connectivity index (χ1) is 14.6. The first kappa shape index (κ1) is 25.9. The van der Waals surface area contributed by atoms with E-state index in [-0.39, 0.29) is 29.9 Å².